The van der Waals surface area contributed by atoms with Crippen molar-refractivity contribution in [3.63, 3.8) is 0 Å². The number of hydrogen-bond acceptors (Lipinski definition) is 3. The highest BCUT2D eigenvalue weighted by Gasteiger charge is 2.24. The largest absolute Gasteiger partial charge is 0.490 e. The van der Waals surface area contributed by atoms with Gasteiger partial charge in [-0.1, -0.05) is 11.6 Å². The van der Waals surface area contributed by atoms with E-state index in [1.807, 2.05) is 25.1 Å². The molecule has 1 aromatic rings. The number of ether oxygens (including phenoxy) is 2. The number of hydrogen-bond donors (Lipinski definition) is 1. The molecule has 19 heavy (non-hydrogen) atoms. The number of nitrogens with two attached hydrogens (primary N) is 1. The smallest absolute Gasteiger partial charge is 0.124 e. The molecule has 0 amide bonds. The van der Waals surface area contributed by atoms with Gasteiger partial charge in [-0.3, -0.25) is 0 Å². The number of halogens is 1. The zero-order chi connectivity index (χ0) is 13.8. The summed E-state index contributed by atoms with van der Waals surface area (Å²) >= 11 is 6.02. The molecule has 4 heteroatoms. The lowest BCUT2D eigenvalue weighted by molar-refractivity contribution is 0.0206. The van der Waals surface area contributed by atoms with E-state index in [4.69, 9.17) is 26.8 Å². The predicted octanol–water partition coefficient (Wildman–Crippen LogP) is 3.70. The molecule has 3 atom stereocenters. The lowest BCUT2D eigenvalue weighted by Crippen LogP contribution is -2.30. The molecule has 2 N–H and O–H groups in total. The first-order chi connectivity index (χ1) is 9.10. The van der Waals surface area contributed by atoms with E-state index in [1.165, 1.54) is 0 Å². The van der Waals surface area contributed by atoms with Gasteiger partial charge >= 0.3 is 0 Å². The Morgan fingerprint density at radius 3 is 2.74 bits per heavy atom. The first-order valence-electron chi connectivity index (χ1n) is 6.84. The molecule has 1 saturated carbocycles. The Morgan fingerprint density at radius 1 is 1.32 bits per heavy atom. The highest BCUT2D eigenvalue weighted by molar-refractivity contribution is 6.30. The van der Waals surface area contributed by atoms with Gasteiger partial charge in [0.1, 0.15) is 11.9 Å². The van der Waals surface area contributed by atoms with Crippen molar-refractivity contribution in [3.05, 3.63) is 28.8 Å². The predicted molar refractivity (Wildman–Crippen MR) is 77.7 cm³/mol. The van der Waals surface area contributed by atoms with Gasteiger partial charge in [0.25, 0.3) is 0 Å². The molecule has 0 radical (unpaired) electrons. The van der Waals surface area contributed by atoms with Crippen molar-refractivity contribution in [2.45, 2.75) is 50.9 Å². The molecule has 3 nitrogen and oxygen atoms in total. The molecule has 0 aliphatic heterocycles. The van der Waals surface area contributed by atoms with Gasteiger partial charge in [0.15, 0.2) is 0 Å². The lowest BCUT2D eigenvalue weighted by Gasteiger charge is -2.29. The van der Waals surface area contributed by atoms with Gasteiger partial charge in [0.2, 0.25) is 0 Å². The van der Waals surface area contributed by atoms with Gasteiger partial charge in [-0.15, -0.1) is 0 Å². The summed E-state index contributed by atoms with van der Waals surface area (Å²) in [7, 11) is 1.77. The van der Waals surface area contributed by atoms with Crippen LogP contribution in [0.2, 0.25) is 5.02 Å². The highest BCUT2D eigenvalue weighted by atomic mass is 35.5. The van der Waals surface area contributed by atoms with Gasteiger partial charge in [-0.05, 0) is 44.4 Å². The van der Waals surface area contributed by atoms with Crippen molar-refractivity contribution in [2.75, 3.05) is 7.11 Å². The molecule has 0 spiro atoms. The molecule has 1 aliphatic rings. The maximum absolute atomic E-state index is 6.12. The van der Waals surface area contributed by atoms with E-state index in [0.29, 0.717) is 11.1 Å². The first kappa shape index (κ1) is 14.6. The van der Waals surface area contributed by atoms with Crippen molar-refractivity contribution in [2.24, 2.45) is 5.73 Å². The molecule has 1 fully saturated rings. The molecule has 0 bridgehead atoms. The van der Waals surface area contributed by atoms with Crippen LogP contribution in [0.25, 0.3) is 0 Å². The van der Waals surface area contributed by atoms with Gasteiger partial charge < -0.3 is 15.2 Å². The number of methoxy groups -OCH3 is 1. The van der Waals surface area contributed by atoms with Crippen molar-refractivity contribution in [1.82, 2.24) is 0 Å². The Morgan fingerprint density at radius 2 is 2.05 bits per heavy atom. The maximum atomic E-state index is 6.12. The van der Waals surface area contributed by atoms with Gasteiger partial charge in [0.05, 0.1) is 6.10 Å². The van der Waals surface area contributed by atoms with Crippen LogP contribution in [0.1, 0.15) is 44.2 Å². The third kappa shape index (κ3) is 3.85. The zero-order valence-corrected chi connectivity index (χ0v) is 12.3. The summed E-state index contributed by atoms with van der Waals surface area (Å²) in [6.45, 7) is 1.94. The molecule has 2 rings (SSSR count). The summed E-state index contributed by atoms with van der Waals surface area (Å²) in [5.74, 6) is 0.848. The molecule has 106 valence electrons. The summed E-state index contributed by atoms with van der Waals surface area (Å²) in [5, 5.41) is 0.693. The minimum Gasteiger partial charge on any atom is -0.490 e. The zero-order valence-electron chi connectivity index (χ0n) is 11.6. The quantitative estimate of drug-likeness (QED) is 0.916. The first-order valence-corrected chi connectivity index (χ1v) is 7.22. The topological polar surface area (TPSA) is 44.5 Å². The van der Waals surface area contributed by atoms with Gasteiger partial charge in [-0.25, -0.2) is 0 Å². The fourth-order valence-corrected chi connectivity index (χ4v) is 2.77. The second-order valence-corrected chi connectivity index (χ2v) is 5.67. The molecule has 2 unspecified atom stereocenters. The van der Waals surface area contributed by atoms with Crippen molar-refractivity contribution in [3.8, 4) is 5.75 Å². The lowest BCUT2D eigenvalue weighted by atomic mass is 9.94. The van der Waals surface area contributed by atoms with Crippen molar-refractivity contribution in [1.29, 1.82) is 0 Å². The molecule has 1 aliphatic carbocycles. The Balaban J connectivity index is 2.10. The highest BCUT2D eigenvalue weighted by Crippen LogP contribution is 2.31. The van der Waals surface area contributed by atoms with Crippen molar-refractivity contribution < 1.29 is 9.47 Å². The minimum atomic E-state index is -0.0875. The van der Waals surface area contributed by atoms with E-state index in [9.17, 15) is 0 Å². The van der Waals surface area contributed by atoms with E-state index in [2.05, 4.69) is 0 Å². The Kier molecular flexibility index (Phi) is 5.08. The van der Waals surface area contributed by atoms with Crippen molar-refractivity contribution >= 4 is 11.6 Å². The number of rotatable bonds is 4. The fraction of sp³-hybridized carbons (Fsp3) is 0.600. The molecular weight excluding hydrogens is 262 g/mol. The van der Waals surface area contributed by atoms with E-state index in [1.54, 1.807) is 7.11 Å². The molecule has 0 heterocycles. The van der Waals surface area contributed by atoms with Crippen LogP contribution < -0.4 is 10.5 Å². The molecular formula is C15H22ClNO2. The summed E-state index contributed by atoms with van der Waals surface area (Å²) in [5.41, 5.74) is 6.94. The third-order valence-electron chi connectivity index (χ3n) is 3.67. The third-order valence-corrected chi connectivity index (χ3v) is 3.90. The summed E-state index contributed by atoms with van der Waals surface area (Å²) in [6.07, 6.45) is 4.79. The standard InChI is InChI=1S/C15H22ClNO2/c1-10(17)14-8-11(16)6-7-15(14)19-13-5-3-4-12(9-13)18-2/h6-8,10,12-13H,3-5,9,17H2,1-2H3/t10-,12?,13?/m0/s1. The van der Waals surface area contributed by atoms with Crippen LogP contribution in [-0.2, 0) is 4.74 Å². The normalized spacial score (nSPS) is 25.1. The van der Waals surface area contributed by atoms with Gasteiger partial charge in [0, 0.05) is 30.2 Å². The second kappa shape index (κ2) is 6.60. The van der Waals surface area contributed by atoms with Crippen LogP contribution in [-0.4, -0.2) is 19.3 Å². The molecule has 1 aromatic carbocycles. The van der Waals surface area contributed by atoms with Crippen LogP contribution in [0, 0.1) is 0 Å². The average molecular weight is 284 g/mol. The molecule has 0 saturated heterocycles. The Hall–Kier alpha value is -0.770. The summed E-state index contributed by atoms with van der Waals surface area (Å²) in [4.78, 5) is 0. The van der Waals surface area contributed by atoms with E-state index in [-0.39, 0.29) is 12.1 Å². The maximum Gasteiger partial charge on any atom is 0.124 e. The Bertz CT molecular complexity index is 423. The van der Waals surface area contributed by atoms with Crippen LogP contribution >= 0.6 is 11.6 Å². The van der Waals surface area contributed by atoms with Crippen LogP contribution in [0.15, 0.2) is 18.2 Å². The van der Waals surface area contributed by atoms with Crippen LogP contribution in [0.4, 0.5) is 0 Å². The monoisotopic (exact) mass is 283 g/mol. The van der Waals surface area contributed by atoms with E-state index >= 15 is 0 Å². The summed E-state index contributed by atoms with van der Waals surface area (Å²) in [6, 6.07) is 5.56. The minimum absolute atomic E-state index is 0.0875. The second-order valence-electron chi connectivity index (χ2n) is 5.23. The number of benzene rings is 1. The SMILES string of the molecule is COC1CCCC(Oc2ccc(Cl)cc2[C@H](C)N)C1. The average Bonchev–Trinajstić information content (AvgIpc) is 2.41. The van der Waals surface area contributed by atoms with Crippen LogP contribution in [0.3, 0.4) is 0 Å². The van der Waals surface area contributed by atoms with E-state index < -0.39 is 0 Å². The van der Waals surface area contributed by atoms with E-state index in [0.717, 1.165) is 37.0 Å². The Labute approximate surface area is 120 Å². The van der Waals surface area contributed by atoms with Crippen LogP contribution in [0.5, 0.6) is 5.75 Å². The van der Waals surface area contributed by atoms with Gasteiger partial charge in [-0.2, -0.15) is 0 Å². The summed E-state index contributed by atoms with van der Waals surface area (Å²) < 4.78 is 11.5. The molecule has 0 aromatic heterocycles. The fourth-order valence-electron chi connectivity index (χ4n) is 2.59.